The van der Waals surface area contributed by atoms with Crippen molar-refractivity contribution in [2.24, 2.45) is 5.92 Å². The number of benzene rings is 1. The van der Waals surface area contributed by atoms with Crippen LogP contribution in [0.4, 0.5) is 5.69 Å². The molecule has 1 aromatic carbocycles. The smallest absolute Gasteiger partial charge is 0.260 e. The second kappa shape index (κ2) is 6.88. The first-order chi connectivity index (χ1) is 14.0. The number of hydrogen-bond donors (Lipinski definition) is 3. The van der Waals surface area contributed by atoms with Gasteiger partial charge in [0.2, 0.25) is 0 Å². The van der Waals surface area contributed by atoms with Crippen LogP contribution < -0.4 is 15.5 Å². The molecule has 3 unspecified atom stereocenters. The molecule has 1 fully saturated rings. The van der Waals surface area contributed by atoms with Crippen molar-refractivity contribution in [2.45, 2.75) is 39.3 Å². The number of nitrogens with zero attached hydrogens (tertiary/aromatic N) is 2. The third kappa shape index (κ3) is 3.27. The number of allylic oxidation sites excluding steroid dienone is 3. The van der Waals surface area contributed by atoms with Gasteiger partial charge >= 0.3 is 0 Å². The first-order valence-corrected chi connectivity index (χ1v) is 10.4. The summed E-state index contributed by atoms with van der Waals surface area (Å²) < 4.78 is 0. The van der Waals surface area contributed by atoms with Crippen molar-refractivity contribution in [3.05, 3.63) is 53.5 Å². The maximum absolute atomic E-state index is 12.7. The molecule has 3 aliphatic rings. The van der Waals surface area contributed by atoms with E-state index in [1.165, 1.54) is 5.69 Å². The number of fused-ring (bicyclic) bond motifs is 2. The van der Waals surface area contributed by atoms with Crippen LogP contribution in [-0.2, 0) is 4.79 Å². The third-order valence-electron chi connectivity index (χ3n) is 5.90. The second-order valence-electron chi connectivity index (χ2n) is 8.60. The lowest BCUT2D eigenvalue weighted by molar-refractivity contribution is -0.114. The van der Waals surface area contributed by atoms with Gasteiger partial charge in [0.25, 0.3) is 5.91 Å². The molecule has 1 aromatic heterocycles. The van der Waals surface area contributed by atoms with Crippen LogP contribution in [0, 0.1) is 5.92 Å². The Morgan fingerprint density at radius 2 is 1.93 bits per heavy atom. The standard InChI is InChI=1S/C23H27N5O/c1-13-5-4-6-17-19(9-13)27-23(29)21(17)22-25-18-8-7-16(10-20(18)26-22)28-11-14(2)24-15(3)12-28/h4,6-10,13-15,24H,5,11-12H2,1-3H3,(H,25,26)(H,27,29). The number of amides is 1. The predicted molar refractivity (Wildman–Crippen MR) is 116 cm³/mol. The fourth-order valence-corrected chi connectivity index (χ4v) is 4.65. The number of piperazine rings is 1. The third-order valence-corrected chi connectivity index (χ3v) is 5.90. The Labute approximate surface area is 170 Å². The van der Waals surface area contributed by atoms with E-state index in [0.717, 1.165) is 41.8 Å². The van der Waals surface area contributed by atoms with E-state index in [2.05, 4.69) is 65.6 Å². The molecule has 1 amide bonds. The summed E-state index contributed by atoms with van der Waals surface area (Å²) in [5.41, 5.74) is 5.48. The molecule has 2 aromatic rings. The van der Waals surface area contributed by atoms with Gasteiger partial charge in [-0.2, -0.15) is 0 Å². The van der Waals surface area contributed by atoms with Gasteiger partial charge in [-0.15, -0.1) is 0 Å². The highest BCUT2D eigenvalue weighted by atomic mass is 16.2. The molecule has 3 heterocycles. The van der Waals surface area contributed by atoms with Crippen molar-refractivity contribution >= 4 is 28.2 Å². The van der Waals surface area contributed by atoms with E-state index in [-0.39, 0.29) is 5.91 Å². The number of aromatic nitrogens is 2. The molecular formula is C23H27N5O. The first-order valence-electron chi connectivity index (χ1n) is 10.4. The van der Waals surface area contributed by atoms with E-state index in [9.17, 15) is 4.79 Å². The average molecular weight is 390 g/mol. The number of rotatable bonds is 2. The lowest BCUT2D eigenvalue weighted by atomic mass is 10.1. The molecule has 1 saturated heterocycles. The largest absolute Gasteiger partial charge is 0.368 e. The molecule has 0 saturated carbocycles. The van der Waals surface area contributed by atoms with E-state index < -0.39 is 0 Å². The quantitative estimate of drug-likeness (QED) is 0.738. The van der Waals surface area contributed by atoms with Gasteiger partial charge in [-0.1, -0.05) is 25.2 Å². The Morgan fingerprint density at radius 1 is 1.14 bits per heavy atom. The summed E-state index contributed by atoms with van der Waals surface area (Å²) >= 11 is 0. The van der Waals surface area contributed by atoms with Gasteiger partial charge in [-0.25, -0.2) is 4.98 Å². The Balaban J connectivity index is 1.54. The second-order valence-corrected chi connectivity index (χ2v) is 8.60. The van der Waals surface area contributed by atoms with Crippen molar-refractivity contribution < 1.29 is 4.79 Å². The lowest BCUT2D eigenvalue weighted by Gasteiger charge is -2.37. The average Bonchev–Trinajstić information content (AvgIpc) is 3.15. The van der Waals surface area contributed by atoms with Gasteiger partial charge in [0.1, 0.15) is 5.82 Å². The van der Waals surface area contributed by atoms with Gasteiger partial charge in [-0.3, -0.25) is 4.79 Å². The SMILES string of the molecule is CC1C=C2NC(=O)C(c3nc4ccc(N5CC(C)NC(C)C5)cc4[nH]3)=C2C=CC1. The summed E-state index contributed by atoms with van der Waals surface area (Å²) in [7, 11) is 0. The fourth-order valence-electron chi connectivity index (χ4n) is 4.65. The molecule has 3 N–H and O–H groups in total. The number of carbonyl (C=O) groups excluding carboxylic acids is 1. The van der Waals surface area contributed by atoms with E-state index >= 15 is 0 Å². The zero-order valence-corrected chi connectivity index (χ0v) is 17.1. The van der Waals surface area contributed by atoms with Gasteiger partial charge in [0, 0.05) is 42.1 Å². The Hall–Kier alpha value is -2.86. The number of imidazole rings is 1. The number of H-pyrrole nitrogens is 1. The monoisotopic (exact) mass is 389 g/mol. The van der Waals surface area contributed by atoms with Crippen LogP contribution in [0.3, 0.4) is 0 Å². The Kier molecular flexibility index (Phi) is 4.32. The van der Waals surface area contributed by atoms with Crippen LogP contribution in [-0.4, -0.2) is 41.0 Å². The van der Waals surface area contributed by atoms with Gasteiger partial charge in [0.05, 0.1) is 16.6 Å². The minimum absolute atomic E-state index is 0.0889. The summed E-state index contributed by atoms with van der Waals surface area (Å²) in [6.45, 7) is 8.55. The van der Waals surface area contributed by atoms with E-state index in [0.29, 0.717) is 29.4 Å². The van der Waals surface area contributed by atoms with Crippen molar-refractivity contribution in [2.75, 3.05) is 18.0 Å². The number of anilines is 1. The number of carbonyl (C=O) groups is 1. The van der Waals surface area contributed by atoms with E-state index in [1.807, 2.05) is 12.1 Å². The molecule has 6 nitrogen and oxygen atoms in total. The van der Waals surface area contributed by atoms with Crippen LogP contribution in [0.15, 0.2) is 47.7 Å². The summed E-state index contributed by atoms with van der Waals surface area (Å²) in [5.74, 6) is 0.948. The molecule has 2 aliphatic heterocycles. The highest BCUT2D eigenvalue weighted by molar-refractivity contribution is 6.24. The molecule has 0 bridgehead atoms. The molecule has 0 spiro atoms. The highest BCUT2D eigenvalue weighted by Gasteiger charge is 2.30. The van der Waals surface area contributed by atoms with Gasteiger partial charge in [0.15, 0.2) is 0 Å². The van der Waals surface area contributed by atoms with Crippen LogP contribution in [0.1, 0.15) is 33.0 Å². The van der Waals surface area contributed by atoms with Crippen molar-refractivity contribution in [1.29, 1.82) is 0 Å². The molecule has 3 atom stereocenters. The molecular weight excluding hydrogens is 362 g/mol. The van der Waals surface area contributed by atoms with E-state index in [1.54, 1.807) is 0 Å². The lowest BCUT2D eigenvalue weighted by Crippen LogP contribution is -2.54. The zero-order chi connectivity index (χ0) is 20.1. The van der Waals surface area contributed by atoms with Gasteiger partial charge in [-0.05, 0) is 44.4 Å². The van der Waals surface area contributed by atoms with Crippen LogP contribution >= 0.6 is 0 Å². The zero-order valence-electron chi connectivity index (χ0n) is 17.1. The molecule has 150 valence electrons. The van der Waals surface area contributed by atoms with E-state index in [4.69, 9.17) is 4.98 Å². The molecule has 0 radical (unpaired) electrons. The molecule has 29 heavy (non-hydrogen) atoms. The minimum atomic E-state index is -0.0889. The Morgan fingerprint density at radius 3 is 2.72 bits per heavy atom. The van der Waals surface area contributed by atoms with Crippen molar-refractivity contribution in [3.63, 3.8) is 0 Å². The summed E-state index contributed by atoms with van der Waals surface area (Å²) in [5, 5.41) is 6.59. The fraction of sp³-hybridized carbons (Fsp3) is 0.391. The summed E-state index contributed by atoms with van der Waals surface area (Å²) in [6.07, 6.45) is 7.29. The Bertz CT molecular complexity index is 1070. The normalized spacial score (nSPS) is 27.1. The minimum Gasteiger partial charge on any atom is -0.368 e. The first kappa shape index (κ1) is 18.2. The maximum atomic E-state index is 12.7. The molecule has 1 aliphatic carbocycles. The number of nitrogens with one attached hydrogen (secondary N) is 3. The summed E-state index contributed by atoms with van der Waals surface area (Å²) in [4.78, 5) is 23.3. The number of aromatic amines is 1. The number of hydrogen-bond acceptors (Lipinski definition) is 4. The topological polar surface area (TPSA) is 73.1 Å². The van der Waals surface area contributed by atoms with Crippen LogP contribution in [0.25, 0.3) is 16.6 Å². The van der Waals surface area contributed by atoms with Crippen LogP contribution in [0.5, 0.6) is 0 Å². The van der Waals surface area contributed by atoms with Gasteiger partial charge < -0.3 is 20.5 Å². The molecule has 6 heteroatoms. The highest BCUT2D eigenvalue weighted by Crippen LogP contribution is 2.33. The van der Waals surface area contributed by atoms with Crippen molar-refractivity contribution in [1.82, 2.24) is 20.6 Å². The maximum Gasteiger partial charge on any atom is 0.260 e. The van der Waals surface area contributed by atoms with Crippen molar-refractivity contribution in [3.8, 4) is 0 Å². The van der Waals surface area contributed by atoms with Crippen LogP contribution in [0.2, 0.25) is 0 Å². The molecule has 5 rings (SSSR count). The predicted octanol–water partition coefficient (Wildman–Crippen LogP) is 3.11. The summed E-state index contributed by atoms with van der Waals surface area (Å²) in [6, 6.07) is 7.23.